The van der Waals surface area contributed by atoms with Crippen LogP contribution in [0.25, 0.3) is 0 Å². The Morgan fingerprint density at radius 2 is 2.31 bits per heavy atom. The smallest absolute Gasteiger partial charge is 0.194 e. The largest absolute Gasteiger partial charge is 0.502 e. The predicted molar refractivity (Wildman–Crippen MR) is 59.5 cm³/mol. The molecule has 0 spiro atoms. The molecule has 88 valence electrons. The number of aromatic hydroxyl groups is 1. The first kappa shape index (κ1) is 11.2. The molecule has 2 N–H and O–H groups in total. The third-order valence-electron chi connectivity index (χ3n) is 3.07. The lowest BCUT2D eigenvalue weighted by Crippen LogP contribution is -2.28. The molecule has 1 heterocycles. The third kappa shape index (κ3) is 1.97. The van der Waals surface area contributed by atoms with Gasteiger partial charge in [-0.1, -0.05) is 6.07 Å². The molecule has 1 aromatic rings. The summed E-state index contributed by atoms with van der Waals surface area (Å²) in [6, 6.07) is 3.31. The Hall–Kier alpha value is -1.29. The monoisotopic (exact) mass is 225 g/mol. The van der Waals surface area contributed by atoms with Crippen molar-refractivity contribution in [2.75, 3.05) is 20.2 Å². The summed E-state index contributed by atoms with van der Waals surface area (Å²) in [6.45, 7) is 1.75. The van der Waals surface area contributed by atoms with Gasteiger partial charge in [-0.3, -0.25) is 0 Å². The molecule has 0 bridgehead atoms. The van der Waals surface area contributed by atoms with E-state index in [1.165, 1.54) is 7.11 Å². The topological polar surface area (TPSA) is 41.5 Å². The molecule has 1 aromatic carbocycles. The number of benzene rings is 1. The number of methoxy groups -OCH3 is 1. The minimum atomic E-state index is -0.548. The molecule has 1 fully saturated rings. The molecule has 0 aliphatic carbocycles. The molecule has 1 unspecified atom stereocenters. The van der Waals surface area contributed by atoms with E-state index in [0.29, 0.717) is 5.56 Å². The maximum Gasteiger partial charge on any atom is 0.194 e. The lowest BCUT2D eigenvalue weighted by atomic mass is 9.91. The highest BCUT2D eigenvalue weighted by atomic mass is 19.1. The summed E-state index contributed by atoms with van der Waals surface area (Å²) in [5, 5.41) is 12.8. The Labute approximate surface area is 94.2 Å². The van der Waals surface area contributed by atoms with E-state index in [4.69, 9.17) is 4.74 Å². The van der Waals surface area contributed by atoms with Crippen LogP contribution in [0.4, 0.5) is 4.39 Å². The average molecular weight is 225 g/mol. The van der Waals surface area contributed by atoms with Crippen molar-refractivity contribution in [1.82, 2.24) is 5.32 Å². The highest BCUT2D eigenvalue weighted by molar-refractivity contribution is 5.44. The number of piperidine rings is 1. The van der Waals surface area contributed by atoms with E-state index in [2.05, 4.69) is 5.32 Å². The molecule has 4 heteroatoms. The molecule has 1 atom stereocenters. The first-order valence-corrected chi connectivity index (χ1v) is 5.50. The summed E-state index contributed by atoms with van der Waals surface area (Å²) < 4.78 is 18.7. The van der Waals surface area contributed by atoms with Gasteiger partial charge in [0.2, 0.25) is 0 Å². The van der Waals surface area contributed by atoms with Gasteiger partial charge in [0.05, 0.1) is 7.11 Å². The van der Waals surface area contributed by atoms with Crippen molar-refractivity contribution in [1.29, 1.82) is 0 Å². The molecule has 16 heavy (non-hydrogen) atoms. The van der Waals surface area contributed by atoms with Crippen molar-refractivity contribution >= 4 is 0 Å². The van der Waals surface area contributed by atoms with Crippen molar-refractivity contribution in [2.24, 2.45) is 0 Å². The van der Waals surface area contributed by atoms with Gasteiger partial charge in [-0.15, -0.1) is 0 Å². The van der Waals surface area contributed by atoms with Gasteiger partial charge in [0.15, 0.2) is 17.3 Å². The first-order valence-electron chi connectivity index (χ1n) is 5.50. The average Bonchev–Trinajstić information content (AvgIpc) is 2.34. The third-order valence-corrected chi connectivity index (χ3v) is 3.07. The summed E-state index contributed by atoms with van der Waals surface area (Å²) in [5.74, 6) is -0.603. The molecule has 1 saturated heterocycles. The maximum absolute atomic E-state index is 13.9. The van der Waals surface area contributed by atoms with Gasteiger partial charge in [0, 0.05) is 6.54 Å². The molecule has 1 aliphatic heterocycles. The van der Waals surface area contributed by atoms with E-state index in [1.54, 1.807) is 12.1 Å². The molecule has 0 saturated carbocycles. The van der Waals surface area contributed by atoms with E-state index >= 15 is 0 Å². The Kier molecular flexibility index (Phi) is 3.29. The second kappa shape index (κ2) is 4.70. The second-order valence-corrected chi connectivity index (χ2v) is 4.06. The zero-order valence-electron chi connectivity index (χ0n) is 9.29. The number of hydrogen-bond acceptors (Lipinski definition) is 3. The van der Waals surface area contributed by atoms with Crippen LogP contribution in [0.15, 0.2) is 12.1 Å². The van der Waals surface area contributed by atoms with Crippen LogP contribution < -0.4 is 10.1 Å². The van der Waals surface area contributed by atoms with E-state index in [0.717, 1.165) is 25.9 Å². The van der Waals surface area contributed by atoms with Crippen LogP contribution in [-0.4, -0.2) is 25.3 Å². The summed E-state index contributed by atoms with van der Waals surface area (Å²) in [5.41, 5.74) is 0.575. The van der Waals surface area contributed by atoms with Gasteiger partial charge >= 0.3 is 0 Å². The lowest BCUT2D eigenvalue weighted by molar-refractivity contribution is 0.351. The van der Waals surface area contributed by atoms with Crippen LogP contribution >= 0.6 is 0 Å². The van der Waals surface area contributed by atoms with Gasteiger partial charge < -0.3 is 15.2 Å². The van der Waals surface area contributed by atoms with Crippen molar-refractivity contribution < 1.29 is 14.2 Å². The number of hydrogen-bond donors (Lipinski definition) is 2. The molecular formula is C12H16FNO2. The Balaban J connectivity index is 2.30. The summed E-state index contributed by atoms with van der Waals surface area (Å²) >= 11 is 0. The molecule has 0 radical (unpaired) electrons. The minimum absolute atomic E-state index is 0.144. The van der Waals surface area contributed by atoms with Gasteiger partial charge in [-0.2, -0.15) is 0 Å². The first-order chi connectivity index (χ1) is 7.74. The molecular weight excluding hydrogens is 209 g/mol. The van der Waals surface area contributed by atoms with E-state index in [9.17, 15) is 9.50 Å². The van der Waals surface area contributed by atoms with Crippen molar-refractivity contribution in [3.63, 3.8) is 0 Å². The van der Waals surface area contributed by atoms with Gasteiger partial charge in [-0.05, 0) is 36.9 Å². The van der Waals surface area contributed by atoms with Crippen molar-refractivity contribution in [2.45, 2.75) is 18.8 Å². The van der Waals surface area contributed by atoms with E-state index in [1.807, 2.05) is 0 Å². The quantitative estimate of drug-likeness (QED) is 0.809. The molecule has 3 nitrogen and oxygen atoms in total. The molecule has 2 rings (SSSR count). The SMILES string of the molecule is COc1ccc(C2CCCNC2)c(F)c1O. The number of ether oxygens (including phenoxy) is 1. The van der Waals surface area contributed by atoms with Crippen LogP contribution in [0.2, 0.25) is 0 Å². The highest BCUT2D eigenvalue weighted by Gasteiger charge is 2.22. The fraction of sp³-hybridized carbons (Fsp3) is 0.500. The number of halogens is 1. The summed E-state index contributed by atoms with van der Waals surface area (Å²) in [4.78, 5) is 0. The number of phenols is 1. The number of phenolic OH excluding ortho intramolecular Hbond substituents is 1. The molecule has 0 aromatic heterocycles. The van der Waals surface area contributed by atoms with Crippen LogP contribution in [-0.2, 0) is 0 Å². The van der Waals surface area contributed by atoms with Crippen LogP contribution in [0.1, 0.15) is 24.3 Å². The standard InChI is InChI=1S/C12H16FNO2/c1-16-10-5-4-9(11(13)12(10)15)8-3-2-6-14-7-8/h4-5,8,14-15H,2-3,6-7H2,1H3. The Morgan fingerprint density at radius 3 is 2.94 bits per heavy atom. The maximum atomic E-state index is 13.9. The van der Waals surface area contributed by atoms with Gasteiger partial charge in [0.25, 0.3) is 0 Å². The van der Waals surface area contributed by atoms with Crippen LogP contribution in [0.5, 0.6) is 11.5 Å². The van der Waals surface area contributed by atoms with Crippen molar-refractivity contribution in [3.8, 4) is 11.5 Å². The Bertz CT molecular complexity index is 376. The summed E-state index contributed by atoms with van der Waals surface area (Å²) in [6.07, 6.45) is 1.99. The van der Waals surface area contributed by atoms with Gasteiger partial charge in [-0.25, -0.2) is 4.39 Å². The van der Waals surface area contributed by atoms with Crippen LogP contribution in [0.3, 0.4) is 0 Å². The van der Waals surface area contributed by atoms with Crippen LogP contribution in [0, 0.1) is 5.82 Å². The lowest BCUT2D eigenvalue weighted by Gasteiger charge is -2.24. The predicted octanol–water partition coefficient (Wildman–Crippen LogP) is 2.01. The normalized spacial score (nSPS) is 20.8. The van der Waals surface area contributed by atoms with Crippen molar-refractivity contribution in [3.05, 3.63) is 23.5 Å². The highest BCUT2D eigenvalue weighted by Crippen LogP contribution is 2.35. The zero-order valence-corrected chi connectivity index (χ0v) is 9.29. The van der Waals surface area contributed by atoms with E-state index in [-0.39, 0.29) is 17.4 Å². The zero-order chi connectivity index (χ0) is 11.5. The molecule has 1 aliphatic rings. The minimum Gasteiger partial charge on any atom is -0.502 e. The fourth-order valence-electron chi connectivity index (χ4n) is 2.16. The summed E-state index contributed by atoms with van der Waals surface area (Å²) in [7, 11) is 1.41. The van der Waals surface area contributed by atoms with Gasteiger partial charge in [0.1, 0.15) is 0 Å². The Morgan fingerprint density at radius 1 is 1.50 bits per heavy atom. The van der Waals surface area contributed by atoms with E-state index < -0.39 is 5.82 Å². The second-order valence-electron chi connectivity index (χ2n) is 4.06. The molecule has 0 amide bonds. The fourth-order valence-corrected chi connectivity index (χ4v) is 2.16. The number of nitrogens with one attached hydrogen (secondary N) is 1. The number of rotatable bonds is 2.